The van der Waals surface area contributed by atoms with E-state index in [9.17, 15) is 0 Å². The van der Waals surface area contributed by atoms with Crippen LogP contribution in [0.3, 0.4) is 0 Å². The van der Waals surface area contributed by atoms with Crippen LogP contribution in [0.2, 0.25) is 0 Å². The molecule has 0 aliphatic heterocycles. The van der Waals surface area contributed by atoms with Crippen LogP contribution in [0.4, 0.5) is 0 Å². The molecule has 0 saturated heterocycles. The van der Waals surface area contributed by atoms with Gasteiger partial charge in [-0.15, -0.1) is 12.6 Å². The SMILES string of the molecule is C[C@H](C1C=CC=C1S)N(C)C. The average Bonchev–Trinajstić information content (AvgIpc) is 2.33. The van der Waals surface area contributed by atoms with Gasteiger partial charge >= 0.3 is 0 Å². The number of hydrogen-bond acceptors (Lipinski definition) is 2. The molecule has 0 aromatic rings. The smallest absolute Gasteiger partial charge is 0.0232 e. The molecular weight excluding hydrogens is 154 g/mol. The van der Waals surface area contributed by atoms with E-state index < -0.39 is 0 Å². The summed E-state index contributed by atoms with van der Waals surface area (Å²) in [4.78, 5) is 3.39. The Kier molecular flexibility index (Phi) is 2.79. The Hall–Kier alpha value is -0.210. The molecule has 0 aromatic heterocycles. The molecule has 0 spiro atoms. The van der Waals surface area contributed by atoms with Gasteiger partial charge in [-0.3, -0.25) is 0 Å². The first-order valence-corrected chi connectivity index (χ1v) is 4.31. The maximum atomic E-state index is 4.39. The minimum atomic E-state index is 0.494. The van der Waals surface area contributed by atoms with Gasteiger partial charge in [0.05, 0.1) is 0 Å². The molecule has 0 bridgehead atoms. The summed E-state index contributed by atoms with van der Waals surface area (Å²) >= 11 is 4.39. The van der Waals surface area contributed by atoms with Crippen molar-refractivity contribution in [2.45, 2.75) is 13.0 Å². The lowest BCUT2D eigenvalue weighted by atomic mass is 10.0. The third kappa shape index (κ3) is 1.88. The average molecular weight is 169 g/mol. The summed E-state index contributed by atoms with van der Waals surface area (Å²) in [5, 5.41) is 0. The standard InChI is InChI=1S/C9H15NS/c1-7(10(2)3)8-5-4-6-9(8)11/h4-8,11H,1-3H3/t7-,8?/m1/s1. The Morgan fingerprint density at radius 2 is 2.18 bits per heavy atom. The molecule has 1 aliphatic carbocycles. The van der Waals surface area contributed by atoms with E-state index in [4.69, 9.17) is 0 Å². The maximum absolute atomic E-state index is 4.39. The molecule has 0 N–H and O–H groups in total. The second-order valence-corrected chi connectivity index (χ2v) is 3.72. The van der Waals surface area contributed by atoms with Crippen molar-refractivity contribution in [2.75, 3.05) is 14.1 Å². The third-order valence-electron chi connectivity index (χ3n) is 2.26. The molecular formula is C9H15NS. The van der Waals surface area contributed by atoms with Gasteiger partial charge in [0.15, 0.2) is 0 Å². The molecule has 1 nitrogen and oxygen atoms in total. The van der Waals surface area contributed by atoms with E-state index in [-0.39, 0.29) is 0 Å². The molecule has 0 heterocycles. The second kappa shape index (κ2) is 3.46. The molecule has 62 valence electrons. The number of nitrogens with zero attached hydrogens (tertiary/aromatic N) is 1. The lowest BCUT2D eigenvalue weighted by molar-refractivity contribution is 0.281. The molecule has 0 radical (unpaired) electrons. The van der Waals surface area contributed by atoms with Crippen molar-refractivity contribution in [2.24, 2.45) is 5.92 Å². The van der Waals surface area contributed by atoms with Crippen LogP contribution in [0, 0.1) is 5.92 Å². The molecule has 11 heavy (non-hydrogen) atoms. The minimum Gasteiger partial charge on any atom is -0.306 e. The predicted molar refractivity (Wildman–Crippen MR) is 52.8 cm³/mol. The lowest BCUT2D eigenvalue weighted by Crippen LogP contribution is -2.31. The van der Waals surface area contributed by atoms with E-state index >= 15 is 0 Å². The summed E-state index contributed by atoms with van der Waals surface area (Å²) in [5.41, 5.74) is 0. The molecule has 0 aromatic carbocycles. The van der Waals surface area contributed by atoms with Gasteiger partial charge in [-0.25, -0.2) is 0 Å². The highest BCUT2D eigenvalue weighted by molar-refractivity contribution is 7.84. The van der Waals surface area contributed by atoms with Crippen LogP contribution in [0.1, 0.15) is 6.92 Å². The Bertz CT molecular complexity index is 194. The molecule has 2 heteroatoms. The first-order valence-electron chi connectivity index (χ1n) is 3.86. The summed E-state index contributed by atoms with van der Waals surface area (Å²) in [6.45, 7) is 2.21. The van der Waals surface area contributed by atoms with Crippen molar-refractivity contribution in [3.8, 4) is 0 Å². The minimum absolute atomic E-state index is 0.494. The summed E-state index contributed by atoms with van der Waals surface area (Å²) in [6.07, 6.45) is 6.34. The van der Waals surface area contributed by atoms with E-state index in [0.29, 0.717) is 12.0 Å². The van der Waals surface area contributed by atoms with E-state index in [1.54, 1.807) is 0 Å². The topological polar surface area (TPSA) is 3.24 Å². The number of thiol groups is 1. The Morgan fingerprint density at radius 3 is 2.55 bits per heavy atom. The zero-order chi connectivity index (χ0) is 8.43. The Morgan fingerprint density at radius 1 is 1.55 bits per heavy atom. The first kappa shape index (κ1) is 8.88. The van der Waals surface area contributed by atoms with Crippen molar-refractivity contribution in [3.05, 3.63) is 23.1 Å². The quantitative estimate of drug-likeness (QED) is 0.618. The number of hydrogen-bond donors (Lipinski definition) is 1. The summed E-state index contributed by atoms with van der Waals surface area (Å²) in [7, 11) is 4.19. The summed E-state index contributed by atoms with van der Waals surface area (Å²) in [6, 6.07) is 0.539. The van der Waals surface area contributed by atoms with Gasteiger partial charge in [0, 0.05) is 12.0 Å². The van der Waals surface area contributed by atoms with Gasteiger partial charge in [-0.2, -0.15) is 0 Å². The summed E-state index contributed by atoms with van der Waals surface area (Å²) in [5.74, 6) is 0.494. The van der Waals surface area contributed by atoms with Crippen molar-refractivity contribution < 1.29 is 0 Å². The maximum Gasteiger partial charge on any atom is 0.0232 e. The third-order valence-corrected chi connectivity index (χ3v) is 2.71. The van der Waals surface area contributed by atoms with Crippen LogP contribution in [-0.2, 0) is 0 Å². The van der Waals surface area contributed by atoms with E-state index in [1.807, 2.05) is 0 Å². The fourth-order valence-corrected chi connectivity index (χ4v) is 1.60. The van der Waals surface area contributed by atoms with Crippen LogP contribution in [0.5, 0.6) is 0 Å². The Labute approximate surface area is 74.2 Å². The molecule has 0 saturated carbocycles. The van der Waals surface area contributed by atoms with Gasteiger partial charge < -0.3 is 4.90 Å². The lowest BCUT2D eigenvalue weighted by Gasteiger charge is -2.25. The molecule has 1 unspecified atom stereocenters. The van der Waals surface area contributed by atoms with Crippen molar-refractivity contribution >= 4 is 12.6 Å². The van der Waals surface area contributed by atoms with Gasteiger partial charge in [-0.1, -0.05) is 18.2 Å². The molecule has 0 fully saturated rings. The highest BCUT2D eigenvalue weighted by Crippen LogP contribution is 2.27. The second-order valence-electron chi connectivity index (χ2n) is 3.21. The van der Waals surface area contributed by atoms with Gasteiger partial charge in [-0.05, 0) is 25.9 Å². The van der Waals surface area contributed by atoms with Crippen LogP contribution < -0.4 is 0 Å². The van der Waals surface area contributed by atoms with Crippen LogP contribution >= 0.6 is 12.6 Å². The highest BCUT2D eigenvalue weighted by atomic mass is 32.1. The summed E-state index contributed by atoms with van der Waals surface area (Å²) < 4.78 is 0. The number of allylic oxidation sites excluding steroid dienone is 2. The largest absolute Gasteiger partial charge is 0.306 e. The highest BCUT2D eigenvalue weighted by Gasteiger charge is 2.20. The van der Waals surface area contributed by atoms with Crippen LogP contribution in [0.25, 0.3) is 0 Å². The normalized spacial score (nSPS) is 25.9. The van der Waals surface area contributed by atoms with Crippen molar-refractivity contribution in [1.82, 2.24) is 4.90 Å². The predicted octanol–water partition coefficient (Wildman–Crippen LogP) is 1.94. The van der Waals surface area contributed by atoms with Crippen molar-refractivity contribution in [3.63, 3.8) is 0 Å². The molecule has 1 aliphatic rings. The molecule has 2 atom stereocenters. The molecule has 0 amide bonds. The Balaban J connectivity index is 2.62. The van der Waals surface area contributed by atoms with Crippen molar-refractivity contribution in [1.29, 1.82) is 0 Å². The zero-order valence-corrected chi connectivity index (χ0v) is 8.18. The first-order chi connectivity index (χ1) is 5.13. The van der Waals surface area contributed by atoms with Crippen LogP contribution in [0.15, 0.2) is 23.1 Å². The number of rotatable bonds is 2. The van der Waals surface area contributed by atoms with E-state index in [2.05, 4.69) is 56.8 Å². The fraction of sp³-hybridized carbons (Fsp3) is 0.556. The monoisotopic (exact) mass is 169 g/mol. The molecule has 1 rings (SSSR count). The van der Waals surface area contributed by atoms with E-state index in [0.717, 1.165) is 0 Å². The van der Waals surface area contributed by atoms with Gasteiger partial charge in [0.2, 0.25) is 0 Å². The fourth-order valence-electron chi connectivity index (χ4n) is 1.21. The van der Waals surface area contributed by atoms with Gasteiger partial charge in [0.25, 0.3) is 0 Å². The zero-order valence-electron chi connectivity index (χ0n) is 7.28. The van der Waals surface area contributed by atoms with Gasteiger partial charge in [0.1, 0.15) is 0 Å². The van der Waals surface area contributed by atoms with E-state index in [1.165, 1.54) is 4.91 Å². The van der Waals surface area contributed by atoms with Crippen LogP contribution in [-0.4, -0.2) is 25.0 Å².